The first-order valence-corrected chi connectivity index (χ1v) is 8.07. The minimum atomic E-state index is 0.384. The minimum Gasteiger partial charge on any atom is -0.359 e. The fraction of sp³-hybridized carbons (Fsp3) is 0.750. The van der Waals surface area contributed by atoms with Gasteiger partial charge < -0.3 is 20.1 Å². The van der Waals surface area contributed by atoms with Gasteiger partial charge in [-0.05, 0) is 38.8 Å². The fourth-order valence-corrected chi connectivity index (χ4v) is 2.53. The summed E-state index contributed by atoms with van der Waals surface area (Å²) in [6, 6.07) is 2.56. The van der Waals surface area contributed by atoms with Gasteiger partial charge in [-0.3, -0.25) is 4.99 Å². The first-order chi connectivity index (χ1) is 10.5. The number of aliphatic imine (C=N–C) groups is 1. The molecule has 1 aliphatic carbocycles. The first kappa shape index (κ1) is 16.8. The number of likely N-dealkylation sites (N-methyl/N-ethyl adjacent to an activating group) is 1. The molecule has 1 aromatic rings. The summed E-state index contributed by atoms with van der Waals surface area (Å²) in [5.74, 6) is 2.84. The van der Waals surface area contributed by atoms with Crippen LogP contribution in [0.4, 0.5) is 0 Å². The third kappa shape index (κ3) is 4.73. The molecule has 2 rings (SSSR count). The largest absolute Gasteiger partial charge is 0.359 e. The number of guanidine groups is 1. The molecule has 0 bridgehead atoms. The Morgan fingerprint density at radius 1 is 1.41 bits per heavy atom. The van der Waals surface area contributed by atoms with Crippen LogP contribution in [0.15, 0.2) is 15.6 Å². The van der Waals surface area contributed by atoms with E-state index in [-0.39, 0.29) is 0 Å². The highest BCUT2D eigenvalue weighted by Crippen LogP contribution is 2.34. The van der Waals surface area contributed by atoms with Crippen LogP contribution in [0, 0.1) is 5.92 Å². The molecule has 1 unspecified atom stereocenters. The monoisotopic (exact) mass is 307 g/mol. The van der Waals surface area contributed by atoms with E-state index in [1.54, 1.807) is 7.05 Å². The van der Waals surface area contributed by atoms with E-state index in [1.807, 2.05) is 6.07 Å². The SMILES string of the molecule is CN=C(NCc1cc(C(C)C)no1)NCC(C1CC1)N(C)C. The molecule has 22 heavy (non-hydrogen) atoms. The number of nitrogens with zero attached hydrogens (tertiary/aromatic N) is 3. The maximum atomic E-state index is 5.33. The van der Waals surface area contributed by atoms with Gasteiger partial charge in [0.2, 0.25) is 0 Å². The molecular formula is C16H29N5O. The number of nitrogens with one attached hydrogen (secondary N) is 2. The number of hydrogen-bond acceptors (Lipinski definition) is 4. The summed E-state index contributed by atoms with van der Waals surface area (Å²) in [6.07, 6.45) is 2.68. The van der Waals surface area contributed by atoms with E-state index in [1.165, 1.54) is 12.8 Å². The molecule has 6 heteroatoms. The van der Waals surface area contributed by atoms with E-state index in [0.29, 0.717) is 18.5 Å². The second kappa shape index (κ2) is 7.63. The van der Waals surface area contributed by atoms with Crippen LogP contribution in [0.2, 0.25) is 0 Å². The molecule has 1 saturated carbocycles. The molecule has 0 amide bonds. The quantitative estimate of drug-likeness (QED) is 0.594. The summed E-state index contributed by atoms with van der Waals surface area (Å²) in [6.45, 7) is 5.71. The van der Waals surface area contributed by atoms with Crippen LogP contribution in [0.5, 0.6) is 0 Å². The van der Waals surface area contributed by atoms with Crippen molar-refractivity contribution in [2.24, 2.45) is 10.9 Å². The van der Waals surface area contributed by atoms with Crippen molar-refractivity contribution in [3.05, 3.63) is 17.5 Å². The molecule has 1 heterocycles. The molecule has 124 valence electrons. The van der Waals surface area contributed by atoms with Crippen LogP contribution < -0.4 is 10.6 Å². The minimum absolute atomic E-state index is 0.384. The van der Waals surface area contributed by atoms with Gasteiger partial charge >= 0.3 is 0 Å². The first-order valence-electron chi connectivity index (χ1n) is 8.07. The normalized spacial score (nSPS) is 17.1. The van der Waals surface area contributed by atoms with Crippen LogP contribution in [-0.2, 0) is 6.54 Å². The second-order valence-corrected chi connectivity index (χ2v) is 6.55. The predicted octanol–water partition coefficient (Wildman–Crippen LogP) is 1.80. The summed E-state index contributed by atoms with van der Waals surface area (Å²) in [5, 5.41) is 10.8. The lowest BCUT2D eigenvalue weighted by Gasteiger charge is -2.25. The number of hydrogen-bond donors (Lipinski definition) is 2. The van der Waals surface area contributed by atoms with Gasteiger partial charge in [-0.25, -0.2) is 0 Å². The van der Waals surface area contributed by atoms with Crippen LogP contribution in [-0.4, -0.2) is 49.7 Å². The molecule has 6 nitrogen and oxygen atoms in total. The standard InChI is InChI=1S/C16H29N5O/c1-11(2)14-8-13(22-20-14)9-18-16(17-3)19-10-15(21(4)5)12-6-7-12/h8,11-12,15H,6-7,9-10H2,1-5H3,(H2,17,18,19). The number of aromatic nitrogens is 1. The zero-order chi connectivity index (χ0) is 16.1. The average Bonchev–Trinajstić information content (AvgIpc) is 3.18. The molecule has 0 aliphatic heterocycles. The Bertz CT molecular complexity index is 488. The lowest BCUT2D eigenvalue weighted by Crippen LogP contribution is -2.45. The Hall–Kier alpha value is -1.56. The summed E-state index contributed by atoms with van der Waals surface area (Å²) in [5.41, 5.74) is 0.987. The van der Waals surface area contributed by atoms with Gasteiger partial charge in [0.15, 0.2) is 11.7 Å². The van der Waals surface area contributed by atoms with E-state index in [2.05, 4.69) is 53.6 Å². The van der Waals surface area contributed by atoms with Gasteiger partial charge in [0.25, 0.3) is 0 Å². The van der Waals surface area contributed by atoms with E-state index in [0.717, 1.165) is 29.9 Å². The van der Waals surface area contributed by atoms with Crippen LogP contribution in [0.1, 0.15) is 44.1 Å². The summed E-state index contributed by atoms with van der Waals surface area (Å²) < 4.78 is 5.33. The van der Waals surface area contributed by atoms with Crippen molar-refractivity contribution in [1.29, 1.82) is 0 Å². The third-order valence-electron chi connectivity index (χ3n) is 4.13. The van der Waals surface area contributed by atoms with Gasteiger partial charge in [0.1, 0.15) is 0 Å². The van der Waals surface area contributed by atoms with Gasteiger partial charge in [-0.1, -0.05) is 19.0 Å². The summed E-state index contributed by atoms with van der Waals surface area (Å²) in [7, 11) is 6.07. The lowest BCUT2D eigenvalue weighted by molar-refractivity contribution is 0.264. The third-order valence-corrected chi connectivity index (χ3v) is 4.13. The Kier molecular flexibility index (Phi) is 5.83. The van der Waals surface area contributed by atoms with Crippen LogP contribution in [0.25, 0.3) is 0 Å². The van der Waals surface area contributed by atoms with E-state index in [9.17, 15) is 0 Å². The van der Waals surface area contributed by atoms with Crippen molar-refractivity contribution in [2.75, 3.05) is 27.7 Å². The van der Waals surface area contributed by atoms with Crippen molar-refractivity contribution < 1.29 is 4.52 Å². The highest BCUT2D eigenvalue weighted by Gasteiger charge is 2.32. The van der Waals surface area contributed by atoms with Crippen molar-refractivity contribution in [3.8, 4) is 0 Å². The molecule has 0 aromatic carbocycles. The maximum absolute atomic E-state index is 5.33. The molecule has 1 aromatic heterocycles. The molecular weight excluding hydrogens is 278 g/mol. The summed E-state index contributed by atoms with van der Waals surface area (Å²) >= 11 is 0. The van der Waals surface area contributed by atoms with Crippen molar-refractivity contribution in [2.45, 2.75) is 45.2 Å². The fourth-order valence-electron chi connectivity index (χ4n) is 2.53. The average molecular weight is 307 g/mol. The Morgan fingerprint density at radius 2 is 2.14 bits per heavy atom. The van der Waals surface area contributed by atoms with Gasteiger partial charge in [-0.2, -0.15) is 0 Å². The van der Waals surface area contributed by atoms with E-state index >= 15 is 0 Å². The van der Waals surface area contributed by atoms with E-state index < -0.39 is 0 Å². The predicted molar refractivity (Wildman–Crippen MR) is 89.0 cm³/mol. The van der Waals surface area contributed by atoms with Gasteiger partial charge in [0, 0.05) is 25.7 Å². The van der Waals surface area contributed by atoms with Crippen LogP contribution >= 0.6 is 0 Å². The van der Waals surface area contributed by atoms with Crippen molar-refractivity contribution in [1.82, 2.24) is 20.7 Å². The highest BCUT2D eigenvalue weighted by atomic mass is 16.5. The second-order valence-electron chi connectivity index (χ2n) is 6.55. The topological polar surface area (TPSA) is 65.7 Å². The summed E-state index contributed by atoms with van der Waals surface area (Å²) in [4.78, 5) is 6.56. The zero-order valence-corrected chi connectivity index (χ0v) is 14.4. The molecule has 1 aliphatic rings. The van der Waals surface area contributed by atoms with Crippen LogP contribution in [0.3, 0.4) is 0 Å². The Balaban J connectivity index is 1.79. The molecule has 0 saturated heterocycles. The lowest BCUT2D eigenvalue weighted by atomic mass is 10.1. The molecule has 0 radical (unpaired) electrons. The van der Waals surface area contributed by atoms with E-state index in [4.69, 9.17) is 4.52 Å². The maximum Gasteiger partial charge on any atom is 0.191 e. The zero-order valence-electron chi connectivity index (χ0n) is 14.4. The number of rotatable bonds is 7. The Morgan fingerprint density at radius 3 is 2.64 bits per heavy atom. The molecule has 0 spiro atoms. The van der Waals surface area contributed by atoms with Gasteiger partial charge in [0.05, 0.1) is 12.2 Å². The Labute approximate surface area is 133 Å². The van der Waals surface area contributed by atoms with Crippen molar-refractivity contribution in [3.63, 3.8) is 0 Å². The van der Waals surface area contributed by atoms with Crippen molar-refractivity contribution >= 4 is 5.96 Å². The molecule has 1 atom stereocenters. The molecule has 1 fully saturated rings. The highest BCUT2D eigenvalue weighted by molar-refractivity contribution is 5.79. The smallest absolute Gasteiger partial charge is 0.191 e. The molecule has 2 N–H and O–H groups in total. The van der Waals surface area contributed by atoms with Gasteiger partial charge in [-0.15, -0.1) is 0 Å².